The van der Waals surface area contributed by atoms with E-state index >= 15 is 0 Å². The molecular formula is C23H22N4O2S. The molecule has 0 unspecified atom stereocenters. The number of fused-ring (bicyclic) bond motifs is 2. The molecule has 2 aliphatic heterocycles. The van der Waals surface area contributed by atoms with Crippen LogP contribution in [-0.4, -0.2) is 22.9 Å². The van der Waals surface area contributed by atoms with Gasteiger partial charge in [-0.05, 0) is 72.7 Å². The van der Waals surface area contributed by atoms with Crippen molar-refractivity contribution in [3.8, 4) is 6.07 Å². The number of anilines is 1. The molecule has 1 saturated carbocycles. The molecule has 2 bridgehead atoms. The van der Waals surface area contributed by atoms with Crippen LogP contribution in [-0.2, 0) is 16.7 Å². The Balaban J connectivity index is 1.60. The monoisotopic (exact) mass is 418 g/mol. The van der Waals surface area contributed by atoms with Crippen molar-refractivity contribution in [3.63, 3.8) is 0 Å². The molecular weight excluding hydrogens is 396 g/mol. The number of hydrogen-bond donors (Lipinski definition) is 2. The third-order valence-corrected chi connectivity index (χ3v) is 6.86. The Labute approximate surface area is 179 Å². The van der Waals surface area contributed by atoms with E-state index in [1.54, 1.807) is 0 Å². The van der Waals surface area contributed by atoms with Gasteiger partial charge < -0.3 is 4.74 Å². The van der Waals surface area contributed by atoms with E-state index in [0.717, 1.165) is 57.3 Å². The number of rotatable bonds is 5. The highest BCUT2D eigenvalue weighted by atomic mass is 32.2. The second-order valence-electron chi connectivity index (χ2n) is 8.25. The molecule has 152 valence electrons. The van der Waals surface area contributed by atoms with E-state index < -0.39 is 0 Å². The number of pyridine rings is 1. The first kappa shape index (κ1) is 19.3. The third kappa shape index (κ3) is 3.04. The van der Waals surface area contributed by atoms with Gasteiger partial charge in [-0.25, -0.2) is 4.98 Å². The van der Waals surface area contributed by atoms with E-state index in [1.807, 2.05) is 37.3 Å². The van der Waals surface area contributed by atoms with Gasteiger partial charge in [-0.2, -0.15) is 5.26 Å². The normalized spacial score (nSPS) is 22.0. The maximum absolute atomic E-state index is 10.8. The second kappa shape index (κ2) is 7.25. The Kier molecular flexibility index (Phi) is 4.68. The van der Waals surface area contributed by atoms with Gasteiger partial charge in [0.15, 0.2) is 0 Å². The summed E-state index contributed by atoms with van der Waals surface area (Å²) in [6.45, 7) is 2.93. The lowest BCUT2D eigenvalue weighted by Crippen LogP contribution is -2.38. The van der Waals surface area contributed by atoms with Crippen LogP contribution in [0.5, 0.6) is 0 Å². The lowest BCUT2D eigenvalue weighted by molar-refractivity contribution is 0.123. The molecule has 6 rings (SSSR count). The zero-order chi connectivity index (χ0) is 20.9. The number of hydroxylamine groups is 1. The van der Waals surface area contributed by atoms with Gasteiger partial charge in [0.1, 0.15) is 11.8 Å². The van der Waals surface area contributed by atoms with Gasteiger partial charge in [0, 0.05) is 15.7 Å². The molecule has 1 aromatic heterocycles. The van der Waals surface area contributed by atoms with Gasteiger partial charge in [0.2, 0.25) is 0 Å². The highest BCUT2D eigenvalue weighted by Crippen LogP contribution is 2.52. The van der Waals surface area contributed by atoms with E-state index in [-0.39, 0.29) is 12.0 Å². The van der Waals surface area contributed by atoms with E-state index in [4.69, 9.17) is 14.9 Å². The largest absolute Gasteiger partial charge is 0.377 e. The van der Waals surface area contributed by atoms with Crippen molar-refractivity contribution in [1.29, 1.82) is 5.26 Å². The van der Waals surface area contributed by atoms with Crippen LogP contribution in [0, 0.1) is 18.3 Å². The van der Waals surface area contributed by atoms with Gasteiger partial charge in [0.05, 0.1) is 30.5 Å². The topological polar surface area (TPSA) is 95.4 Å². The minimum Gasteiger partial charge on any atom is -0.377 e. The maximum Gasteiger partial charge on any atom is 0.145 e. The maximum atomic E-state index is 10.8. The number of hydrogen-bond acceptors (Lipinski definition) is 7. The van der Waals surface area contributed by atoms with Crippen molar-refractivity contribution in [2.75, 3.05) is 11.7 Å². The van der Waals surface area contributed by atoms with Crippen molar-refractivity contribution in [2.45, 2.75) is 42.7 Å². The summed E-state index contributed by atoms with van der Waals surface area (Å²) < 4.78 is 5.79. The average Bonchev–Trinajstić information content (AvgIpc) is 3.34. The molecule has 0 radical (unpaired) electrons. The fraction of sp³-hybridized carbons (Fsp3) is 0.304. The van der Waals surface area contributed by atoms with Crippen LogP contribution in [0.15, 0.2) is 47.4 Å². The van der Waals surface area contributed by atoms with Crippen LogP contribution >= 0.6 is 11.9 Å². The number of nitrogens with two attached hydrogens (primary N) is 1. The molecule has 2 saturated heterocycles. The van der Waals surface area contributed by atoms with Gasteiger partial charge in [0.25, 0.3) is 0 Å². The third-order valence-electron chi connectivity index (χ3n) is 6.26. The number of aryl methyl sites for hydroxylation is 1. The number of nitriles is 1. The van der Waals surface area contributed by atoms with Crippen LogP contribution in [0.1, 0.15) is 35.2 Å². The predicted octanol–water partition coefficient (Wildman–Crippen LogP) is 4.21. The SMILES string of the molecule is Cc1cc(CN(O)c2ccccc2SN)c2cc(C34COC(C3)C4)c(C#N)nc2c1. The van der Waals surface area contributed by atoms with Crippen molar-refractivity contribution >= 4 is 28.5 Å². The molecule has 3 heterocycles. The molecule has 3 N–H and O–H groups in total. The van der Waals surface area contributed by atoms with Crippen LogP contribution in [0.2, 0.25) is 0 Å². The fourth-order valence-electron chi connectivity index (χ4n) is 4.76. The zero-order valence-corrected chi connectivity index (χ0v) is 17.4. The zero-order valence-electron chi connectivity index (χ0n) is 16.6. The van der Waals surface area contributed by atoms with Crippen LogP contribution in [0.4, 0.5) is 5.69 Å². The summed E-state index contributed by atoms with van der Waals surface area (Å²) in [4.78, 5) is 5.50. The number of para-hydroxylation sites is 1. The molecule has 3 fully saturated rings. The molecule has 0 amide bonds. The number of benzene rings is 2. The molecule has 30 heavy (non-hydrogen) atoms. The molecule has 0 spiro atoms. The summed E-state index contributed by atoms with van der Waals surface area (Å²) in [5, 5.41) is 28.5. The fourth-order valence-corrected chi connectivity index (χ4v) is 5.22. The first-order chi connectivity index (χ1) is 14.5. The van der Waals surface area contributed by atoms with E-state index in [2.05, 4.69) is 18.2 Å². The van der Waals surface area contributed by atoms with Crippen LogP contribution < -0.4 is 10.2 Å². The van der Waals surface area contributed by atoms with Gasteiger partial charge >= 0.3 is 0 Å². The molecule has 3 aromatic rings. The van der Waals surface area contributed by atoms with E-state index in [1.165, 1.54) is 5.06 Å². The minimum absolute atomic E-state index is 0.0965. The predicted molar refractivity (Wildman–Crippen MR) is 116 cm³/mol. The lowest BCUT2D eigenvalue weighted by atomic mass is 9.65. The summed E-state index contributed by atoms with van der Waals surface area (Å²) in [7, 11) is 0. The van der Waals surface area contributed by atoms with Crippen molar-refractivity contribution in [1.82, 2.24) is 4.98 Å². The highest BCUT2D eigenvalue weighted by molar-refractivity contribution is 7.97. The quantitative estimate of drug-likeness (QED) is 0.473. The average molecular weight is 419 g/mol. The molecule has 1 aliphatic carbocycles. The first-order valence-corrected chi connectivity index (χ1v) is 10.8. The van der Waals surface area contributed by atoms with Crippen LogP contribution in [0.3, 0.4) is 0 Å². The molecule has 2 aromatic carbocycles. The van der Waals surface area contributed by atoms with Crippen molar-refractivity contribution in [3.05, 3.63) is 64.8 Å². The Morgan fingerprint density at radius 3 is 2.83 bits per heavy atom. The highest BCUT2D eigenvalue weighted by Gasteiger charge is 2.54. The number of ether oxygens (including phenoxy) is 1. The van der Waals surface area contributed by atoms with Crippen molar-refractivity contribution in [2.24, 2.45) is 5.14 Å². The van der Waals surface area contributed by atoms with Crippen LogP contribution in [0.25, 0.3) is 10.9 Å². The summed E-state index contributed by atoms with van der Waals surface area (Å²) in [6, 6.07) is 15.9. The Morgan fingerprint density at radius 1 is 1.33 bits per heavy atom. The number of nitrogens with zero attached hydrogens (tertiary/aromatic N) is 3. The minimum atomic E-state index is -0.0965. The number of aromatic nitrogens is 1. The summed E-state index contributed by atoms with van der Waals surface area (Å²) >= 11 is 1.11. The standard InChI is InChI=1S/C23H22N4O2S/c1-14-6-15(12-27(28)21-4-2-3-5-22(21)30-25)17-8-18(20(11-24)26-19(17)7-14)23-9-16(10-23)29-13-23/h2-8,16,28H,9-10,12-13,25H2,1H3. The van der Waals surface area contributed by atoms with Gasteiger partial charge in [-0.3, -0.25) is 15.4 Å². The summed E-state index contributed by atoms with van der Waals surface area (Å²) in [5.41, 5.74) is 4.77. The second-order valence-corrected chi connectivity index (χ2v) is 8.93. The van der Waals surface area contributed by atoms with Gasteiger partial charge in [-0.1, -0.05) is 18.2 Å². The molecule has 0 atom stereocenters. The lowest BCUT2D eigenvalue weighted by Gasteiger charge is -2.36. The Morgan fingerprint density at radius 2 is 2.13 bits per heavy atom. The van der Waals surface area contributed by atoms with Crippen molar-refractivity contribution < 1.29 is 9.94 Å². The summed E-state index contributed by atoms with van der Waals surface area (Å²) in [5.74, 6) is 0. The van der Waals surface area contributed by atoms with Gasteiger partial charge in [-0.15, -0.1) is 0 Å². The smallest absolute Gasteiger partial charge is 0.145 e. The molecule has 6 nitrogen and oxygen atoms in total. The summed E-state index contributed by atoms with van der Waals surface area (Å²) in [6.07, 6.45) is 2.20. The Hall–Kier alpha value is -2.63. The molecule has 3 aliphatic rings. The van der Waals surface area contributed by atoms with E-state index in [0.29, 0.717) is 24.1 Å². The first-order valence-electron chi connectivity index (χ1n) is 9.91. The molecule has 7 heteroatoms. The van der Waals surface area contributed by atoms with E-state index in [9.17, 15) is 10.5 Å². The Bertz CT molecular complexity index is 1180.